The molecule has 0 unspecified atom stereocenters. The van der Waals surface area contributed by atoms with E-state index in [9.17, 15) is 33.0 Å². The standard InChI is InChI=1S/C25H27F3N4O4/c1-31-10-3-6-19(23(31)36)15-7-8-21-20(13-15)29-24(32(21)11-9-18(34)14-33)30-22(35)16-4-2-5-17(12-16)25(26,27)28/h2,4-5,7-8,12-13,18-19,33-34H,3,6,9-11,14H2,1H3,(H,29,30,35)/t18-,19+/m1/s1. The molecule has 0 saturated carbocycles. The fraction of sp³-hybridized carbons (Fsp3) is 0.400. The third kappa shape index (κ3) is 5.36. The molecule has 2 aromatic carbocycles. The zero-order valence-corrected chi connectivity index (χ0v) is 19.6. The number of hydrogen-bond donors (Lipinski definition) is 3. The predicted molar refractivity (Wildman–Crippen MR) is 126 cm³/mol. The van der Waals surface area contributed by atoms with Crippen LogP contribution >= 0.6 is 0 Å². The van der Waals surface area contributed by atoms with Gasteiger partial charge in [-0.05, 0) is 55.2 Å². The minimum Gasteiger partial charge on any atom is -0.394 e. The summed E-state index contributed by atoms with van der Waals surface area (Å²) in [6.07, 6.45) is -3.86. The number of aliphatic hydroxyl groups is 2. The Labute approximate surface area is 205 Å². The molecule has 1 saturated heterocycles. The van der Waals surface area contributed by atoms with E-state index in [0.29, 0.717) is 24.0 Å². The van der Waals surface area contributed by atoms with Crippen LogP contribution < -0.4 is 5.32 Å². The molecule has 1 aliphatic heterocycles. The highest BCUT2D eigenvalue weighted by Crippen LogP contribution is 2.32. The summed E-state index contributed by atoms with van der Waals surface area (Å²) in [4.78, 5) is 31.7. The Morgan fingerprint density at radius 2 is 2.03 bits per heavy atom. The second-order valence-corrected chi connectivity index (χ2v) is 8.95. The molecule has 2 atom stereocenters. The number of amides is 2. The Kier molecular flexibility index (Phi) is 7.32. The summed E-state index contributed by atoms with van der Waals surface area (Å²) in [5.74, 6) is -0.978. The van der Waals surface area contributed by atoms with Crippen LogP contribution in [0.5, 0.6) is 0 Å². The van der Waals surface area contributed by atoms with Crippen LogP contribution in [0.15, 0.2) is 42.5 Å². The molecule has 1 aromatic heterocycles. The number of rotatable bonds is 7. The Morgan fingerprint density at radius 1 is 1.25 bits per heavy atom. The molecule has 0 aliphatic carbocycles. The van der Waals surface area contributed by atoms with Crippen molar-refractivity contribution in [2.75, 3.05) is 25.5 Å². The number of aliphatic hydroxyl groups excluding tert-OH is 2. The summed E-state index contributed by atoms with van der Waals surface area (Å²) in [5, 5.41) is 21.6. The van der Waals surface area contributed by atoms with Gasteiger partial charge < -0.3 is 19.7 Å². The number of nitrogens with one attached hydrogen (secondary N) is 1. The van der Waals surface area contributed by atoms with Crippen molar-refractivity contribution in [2.24, 2.45) is 0 Å². The highest BCUT2D eigenvalue weighted by molar-refractivity contribution is 6.04. The van der Waals surface area contributed by atoms with Gasteiger partial charge in [-0.2, -0.15) is 13.2 Å². The number of halogens is 3. The van der Waals surface area contributed by atoms with E-state index in [4.69, 9.17) is 0 Å². The summed E-state index contributed by atoms with van der Waals surface area (Å²) >= 11 is 0. The molecule has 3 N–H and O–H groups in total. The topological polar surface area (TPSA) is 108 Å². The summed E-state index contributed by atoms with van der Waals surface area (Å²) in [6.45, 7) is 0.437. The van der Waals surface area contributed by atoms with Gasteiger partial charge in [-0.25, -0.2) is 4.98 Å². The van der Waals surface area contributed by atoms with Gasteiger partial charge in [0.1, 0.15) is 0 Å². The number of piperidine rings is 1. The first-order valence-corrected chi connectivity index (χ1v) is 11.6. The molecule has 0 spiro atoms. The highest BCUT2D eigenvalue weighted by Gasteiger charge is 2.31. The molecule has 0 bridgehead atoms. The lowest BCUT2D eigenvalue weighted by Crippen LogP contribution is -2.36. The quantitative estimate of drug-likeness (QED) is 0.457. The van der Waals surface area contributed by atoms with Crippen LogP contribution in [-0.2, 0) is 17.5 Å². The van der Waals surface area contributed by atoms with Crippen molar-refractivity contribution in [3.05, 3.63) is 59.2 Å². The Bertz CT molecular complexity index is 1270. The van der Waals surface area contributed by atoms with Crippen LogP contribution in [-0.4, -0.2) is 62.8 Å². The van der Waals surface area contributed by atoms with Gasteiger partial charge in [0.15, 0.2) is 0 Å². The Balaban J connectivity index is 1.68. The maximum atomic E-state index is 13.1. The van der Waals surface area contributed by atoms with Gasteiger partial charge in [0, 0.05) is 25.7 Å². The molecule has 2 amide bonds. The molecular formula is C25H27F3N4O4. The number of hydrogen-bond acceptors (Lipinski definition) is 5. The maximum Gasteiger partial charge on any atom is 0.416 e. The van der Waals surface area contributed by atoms with Crippen LogP contribution in [0.1, 0.15) is 46.7 Å². The lowest BCUT2D eigenvalue weighted by atomic mass is 9.90. The number of carbonyl (C=O) groups excluding carboxylic acids is 2. The van der Waals surface area contributed by atoms with E-state index in [1.807, 2.05) is 6.07 Å². The first-order valence-electron chi connectivity index (χ1n) is 11.6. The van der Waals surface area contributed by atoms with E-state index >= 15 is 0 Å². The Morgan fingerprint density at radius 3 is 2.75 bits per heavy atom. The number of aryl methyl sites for hydroxylation is 1. The van der Waals surface area contributed by atoms with E-state index < -0.39 is 30.4 Å². The van der Waals surface area contributed by atoms with Gasteiger partial charge in [0.05, 0.1) is 35.2 Å². The number of alkyl halides is 3. The monoisotopic (exact) mass is 504 g/mol. The third-order valence-corrected chi connectivity index (χ3v) is 6.41. The molecule has 1 fully saturated rings. The lowest BCUT2D eigenvalue weighted by Gasteiger charge is -2.29. The summed E-state index contributed by atoms with van der Waals surface area (Å²) in [6, 6.07) is 9.44. The van der Waals surface area contributed by atoms with Gasteiger partial charge in [0.2, 0.25) is 11.9 Å². The lowest BCUT2D eigenvalue weighted by molar-refractivity contribution is -0.137. The smallest absolute Gasteiger partial charge is 0.394 e. The number of likely N-dealkylation sites (N-methyl/N-ethyl adjacent to an activating group) is 1. The first-order chi connectivity index (χ1) is 17.1. The van der Waals surface area contributed by atoms with Crippen molar-refractivity contribution in [1.82, 2.24) is 14.5 Å². The van der Waals surface area contributed by atoms with Gasteiger partial charge in [0.25, 0.3) is 5.91 Å². The second kappa shape index (κ2) is 10.3. The Hall–Kier alpha value is -3.44. The number of nitrogens with zero attached hydrogens (tertiary/aromatic N) is 3. The van der Waals surface area contributed by atoms with Crippen molar-refractivity contribution in [3.8, 4) is 0 Å². The minimum atomic E-state index is -4.59. The number of fused-ring (bicyclic) bond motifs is 1. The third-order valence-electron chi connectivity index (χ3n) is 6.41. The maximum absolute atomic E-state index is 13.1. The molecule has 11 heteroatoms. The molecule has 1 aliphatic rings. The van der Waals surface area contributed by atoms with Crippen molar-refractivity contribution in [3.63, 3.8) is 0 Å². The summed E-state index contributed by atoms with van der Waals surface area (Å²) in [7, 11) is 1.76. The van der Waals surface area contributed by atoms with Crippen LogP contribution in [0.25, 0.3) is 11.0 Å². The van der Waals surface area contributed by atoms with E-state index in [0.717, 1.165) is 30.2 Å². The van der Waals surface area contributed by atoms with Crippen LogP contribution in [0.2, 0.25) is 0 Å². The van der Waals surface area contributed by atoms with Crippen LogP contribution in [0, 0.1) is 0 Å². The highest BCUT2D eigenvalue weighted by atomic mass is 19.4. The van der Waals surface area contributed by atoms with Crippen LogP contribution in [0.4, 0.5) is 19.1 Å². The number of aromatic nitrogens is 2. The van der Waals surface area contributed by atoms with E-state index in [1.54, 1.807) is 28.6 Å². The number of carbonyl (C=O) groups is 2. The van der Waals surface area contributed by atoms with Crippen molar-refractivity contribution >= 4 is 28.8 Å². The van der Waals surface area contributed by atoms with Gasteiger partial charge in [-0.15, -0.1) is 0 Å². The SMILES string of the molecule is CN1CCC[C@@H](c2ccc3c(c2)nc(NC(=O)c2cccc(C(F)(F)F)c2)n3CC[C@@H](O)CO)C1=O. The van der Waals surface area contributed by atoms with Crippen LogP contribution in [0.3, 0.4) is 0 Å². The van der Waals surface area contributed by atoms with E-state index in [2.05, 4.69) is 10.3 Å². The predicted octanol–water partition coefficient (Wildman–Crippen LogP) is 3.39. The molecule has 192 valence electrons. The van der Waals surface area contributed by atoms with E-state index in [1.165, 1.54) is 6.07 Å². The molecule has 4 rings (SSSR count). The van der Waals surface area contributed by atoms with E-state index in [-0.39, 0.29) is 36.3 Å². The molecule has 2 heterocycles. The number of imidazole rings is 1. The molecular weight excluding hydrogens is 477 g/mol. The molecule has 36 heavy (non-hydrogen) atoms. The fourth-order valence-electron chi connectivity index (χ4n) is 4.41. The second-order valence-electron chi connectivity index (χ2n) is 8.95. The molecule has 0 radical (unpaired) electrons. The van der Waals surface area contributed by atoms with Crippen molar-refractivity contribution in [2.45, 2.75) is 44.0 Å². The molecule has 8 nitrogen and oxygen atoms in total. The first kappa shape index (κ1) is 25.6. The number of benzene rings is 2. The summed E-state index contributed by atoms with van der Waals surface area (Å²) < 4.78 is 40.9. The zero-order chi connectivity index (χ0) is 26.0. The number of anilines is 1. The van der Waals surface area contributed by atoms with Crippen molar-refractivity contribution in [1.29, 1.82) is 0 Å². The number of likely N-dealkylation sites (tertiary alicyclic amines) is 1. The normalized spacial score (nSPS) is 17.4. The average molecular weight is 505 g/mol. The van der Waals surface area contributed by atoms with Gasteiger partial charge in [-0.3, -0.25) is 14.9 Å². The zero-order valence-electron chi connectivity index (χ0n) is 19.6. The van der Waals surface area contributed by atoms with Gasteiger partial charge >= 0.3 is 6.18 Å². The minimum absolute atomic E-state index is 0.0178. The largest absolute Gasteiger partial charge is 0.416 e. The van der Waals surface area contributed by atoms with Crippen molar-refractivity contribution < 1.29 is 33.0 Å². The average Bonchev–Trinajstić information content (AvgIpc) is 3.19. The fourth-order valence-corrected chi connectivity index (χ4v) is 4.41. The van der Waals surface area contributed by atoms with Gasteiger partial charge in [-0.1, -0.05) is 12.1 Å². The molecule has 3 aromatic rings. The summed E-state index contributed by atoms with van der Waals surface area (Å²) in [5.41, 5.74) is 0.762.